The smallest absolute Gasteiger partial charge is 0.336 e. The number of carbonyl (C=O) groups is 2. The van der Waals surface area contributed by atoms with Crippen molar-refractivity contribution < 1.29 is 24.5 Å². The summed E-state index contributed by atoms with van der Waals surface area (Å²) in [7, 11) is 0. The SMILES string of the molecule is CC1=C(CCC2=CC(O)OC2=O)[C@@]2(C)CC[C@@H](O)C(C)(C)[C@@H]2CC1=O. The van der Waals surface area contributed by atoms with Gasteiger partial charge in [0.25, 0.3) is 0 Å². The number of aliphatic hydroxyl groups excluding tert-OH is 2. The molecule has 1 heterocycles. The Bertz CT molecular complexity index is 672. The number of ether oxygens (including phenoxy) is 1. The molecule has 1 fully saturated rings. The van der Waals surface area contributed by atoms with Crippen molar-refractivity contribution in [3.05, 3.63) is 22.8 Å². The molecule has 0 aromatic heterocycles. The van der Waals surface area contributed by atoms with Crippen LogP contribution in [0.5, 0.6) is 0 Å². The van der Waals surface area contributed by atoms with Crippen molar-refractivity contribution in [3.8, 4) is 0 Å². The Labute approximate surface area is 148 Å². The van der Waals surface area contributed by atoms with Gasteiger partial charge in [0, 0.05) is 12.0 Å². The number of hydrogen-bond donors (Lipinski definition) is 2. The second kappa shape index (κ2) is 6.06. The van der Waals surface area contributed by atoms with Crippen molar-refractivity contribution in [3.63, 3.8) is 0 Å². The quantitative estimate of drug-likeness (QED) is 0.766. The van der Waals surface area contributed by atoms with E-state index in [4.69, 9.17) is 4.74 Å². The van der Waals surface area contributed by atoms with E-state index in [9.17, 15) is 19.8 Å². The summed E-state index contributed by atoms with van der Waals surface area (Å²) in [5, 5.41) is 19.9. The Kier molecular flexibility index (Phi) is 4.44. The molecule has 1 unspecified atom stereocenters. The van der Waals surface area contributed by atoms with Crippen molar-refractivity contribution in [2.75, 3.05) is 0 Å². The Hall–Kier alpha value is -1.46. The maximum absolute atomic E-state index is 12.6. The van der Waals surface area contributed by atoms with Gasteiger partial charge in [-0.1, -0.05) is 26.3 Å². The van der Waals surface area contributed by atoms with Crippen LogP contribution in [-0.4, -0.2) is 34.4 Å². The lowest BCUT2D eigenvalue weighted by Crippen LogP contribution is -2.53. The van der Waals surface area contributed by atoms with Gasteiger partial charge in [0.2, 0.25) is 6.29 Å². The van der Waals surface area contributed by atoms with Crippen LogP contribution in [0, 0.1) is 16.7 Å². The number of ketones is 1. The largest absolute Gasteiger partial charge is 0.429 e. The number of allylic oxidation sites excluding steroid dienone is 2. The van der Waals surface area contributed by atoms with Crippen molar-refractivity contribution in [1.82, 2.24) is 0 Å². The first kappa shape index (κ1) is 18.3. The molecule has 138 valence electrons. The van der Waals surface area contributed by atoms with Crippen LogP contribution >= 0.6 is 0 Å². The Morgan fingerprint density at radius 2 is 1.88 bits per heavy atom. The zero-order valence-corrected chi connectivity index (χ0v) is 15.5. The van der Waals surface area contributed by atoms with Crippen LogP contribution in [0.1, 0.15) is 59.8 Å². The van der Waals surface area contributed by atoms with Crippen LogP contribution in [0.2, 0.25) is 0 Å². The summed E-state index contributed by atoms with van der Waals surface area (Å²) in [5.74, 6) is -0.248. The van der Waals surface area contributed by atoms with E-state index in [2.05, 4.69) is 20.8 Å². The van der Waals surface area contributed by atoms with Gasteiger partial charge in [-0.2, -0.15) is 0 Å². The first-order valence-electron chi connectivity index (χ1n) is 9.08. The number of fused-ring (bicyclic) bond motifs is 1. The monoisotopic (exact) mass is 348 g/mol. The molecule has 1 saturated carbocycles. The van der Waals surface area contributed by atoms with Crippen LogP contribution in [0.4, 0.5) is 0 Å². The van der Waals surface area contributed by atoms with E-state index >= 15 is 0 Å². The summed E-state index contributed by atoms with van der Waals surface area (Å²) in [6.07, 6.45) is 2.98. The number of aliphatic hydroxyl groups is 2. The molecule has 0 bridgehead atoms. The molecule has 0 spiro atoms. The first-order chi connectivity index (χ1) is 11.6. The van der Waals surface area contributed by atoms with Crippen LogP contribution < -0.4 is 0 Å². The second-order valence-electron chi connectivity index (χ2n) is 8.56. The second-order valence-corrected chi connectivity index (χ2v) is 8.56. The zero-order valence-electron chi connectivity index (χ0n) is 15.5. The third-order valence-electron chi connectivity index (χ3n) is 6.89. The molecule has 5 nitrogen and oxygen atoms in total. The van der Waals surface area contributed by atoms with Gasteiger partial charge in [-0.25, -0.2) is 4.79 Å². The average molecular weight is 348 g/mol. The van der Waals surface area contributed by atoms with Crippen molar-refractivity contribution in [2.24, 2.45) is 16.7 Å². The number of hydrogen-bond acceptors (Lipinski definition) is 5. The van der Waals surface area contributed by atoms with E-state index in [0.717, 1.165) is 17.6 Å². The lowest BCUT2D eigenvalue weighted by Gasteiger charge is -2.56. The van der Waals surface area contributed by atoms with Gasteiger partial charge in [-0.15, -0.1) is 0 Å². The predicted octanol–water partition coefficient (Wildman–Crippen LogP) is 2.66. The minimum Gasteiger partial charge on any atom is -0.429 e. The highest BCUT2D eigenvalue weighted by molar-refractivity contribution is 5.97. The highest BCUT2D eigenvalue weighted by atomic mass is 16.6. The average Bonchev–Trinajstić information content (AvgIpc) is 2.85. The molecule has 0 aromatic carbocycles. The molecule has 2 aliphatic carbocycles. The summed E-state index contributed by atoms with van der Waals surface area (Å²) in [6.45, 7) is 8.19. The highest BCUT2D eigenvalue weighted by Crippen LogP contribution is 2.59. The molecule has 0 aromatic rings. The normalized spacial score (nSPS) is 37.7. The van der Waals surface area contributed by atoms with Gasteiger partial charge in [0.15, 0.2) is 5.78 Å². The fourth-order valence-electron chi connectivity index (χ4n) is 5.20. The Morgan fingerprint density at radius 1 is 1.20 bits per heavy atom. The van der Waals surface area contributed by atoms with E-state index in [1.54, 1.807) is 0 Å². The molecule has 4 atom stereocenters. The van der Waals surface area contributed by atoms with Crippen molar-refractivity contribution in [1.29, 1.82) is 0 Å². The lowest BCUT2D eigenvalue weighted by molar-refractivity contribution is -0.151. The van der Waals surface area contributed by atoms with E-state index < -0.39 is 18.4 Å². The number of cyclic esters (lactones) is 1. The molecule has 25 heavy (non-hydrogen) atoms. The van der Waals surface area contributed by atoms with Gasteiger partial charge >= 0.3 is 5.97 Å². The molecule has 1 aliphatic heterocycles. The van der Waals surface area contributed by atoms with Gasteiger partial charge < -0.3 is 14.9 Å². The van der Waals surface area contributed by atoms with Gasteiger partial charge in [0.1, 0.15) is 0 Å². The molecule has 2 N–H and O–H groups in total. The highest BCUT2D eigenvalue weighted by Gasteiger charge is 2.55. The van der Waals surface area contributed by atoms with Crippen LogP contribution in [0.15, 0.2) is 22.8 Å². The number of esters is 1. The number of Topliss-reactive ketones (excluding diaryl/α,β-unsaturated/α-hetero) is 1. The maximum Gasteiger partial charge on any atom is 0.336 e. The van der Waals surface area contributed by atoms with Gasteiger partial charge in [0.05, 0.1) is 6.10 Å². The van der Waals surface area contributed by atoms with Crippen LogP contribution in [-0.2, 0) is 14.3 Å². The van der Waals surface area contributed by atoms with Crippen LogP contribution in [0.25, 0.3) is 0 Å². The third kappa shape index (κ3) is 2.87. The molecule has 3 rings (SSSR count). The molecule has 0 radical (unpaired) electrons. The van der Waals surface area contributed by atoms with E-state index in [0.29, 0.717) is 31.3 Å². The number of rotatable bonds is 3. The van der Waals surface area contributed by atoms with E-state index in [1.165, 1.54) is 6.08 Å². The Morgan fingerprint density at radius 3 is 2.48 bits per heavy atom. The van der Waals surface area contributed by atoms with Crippen molar-refractivity contribution in [2.45, 2.75) is 72.2 Å². The van der Waals surface area contributed by atoms with Gasteiger partial charge in [-0.3, -0.25) is 4.79 Å². The fourth-order valence-corrected chi connectivity index (χ4v) is 5.20. The minimum atomic E-state index is -1.15. The Balaban J connectivity index is 1.91. The fraction of sp³-hybridized carbons (Fsp3) is 0.700. The first-order valence-corrected chi connectivity index (χ1v) is 9.08. The predicted molar refractivity (Wildman–Crippen MR) is 92.4 cm³/mol. The summed E-state index contributed by atoms with van der Waals surface area (Å²) in [5.41, 5.74) is 1.90. The minimum absolute atomic E-state index is 0.0880. The summed E-state index contributed by atoms with van der Waals surface area (Å²) < 4.78 is 4.75. The summed E-state index contributed by atoms with van der Waals surface area (Å²) in [6, 6.07) is 0. The molecule has 0 amide bonds. The van der Waals surface area contributed by atoms with Gasteiger partial charge in [-0.05, 0) is 61.0 Å². The third-order valence-corrected chi connectivity index (χ3v) is 6.89. The molecule has 3 aliphatic rings. The molecular weight excluding hydrogens is 320 g/mol. The lowest BCUT2D eigenvalue weighted by atomic mass is 9.49. The number of carbonyl (C=O) groups excluding carboxylic acids is 2. The van der Waals surface area contributed by atoms with Crippen LogP contribution in [0.3, 0.4) is 0 Å². The molecular formula is C20H28O5. The maximum atomic E-state index is 12.6. The topological polar surface area (TPSA) is 83.8 Å². The standard InChI is InChI=1S/C20H28O5/c1-11-13(6-5-12-9-17(23)25-18(12)24)20(4)8-7-16(22)19(2,3)15(20)10-14(11)21/h9,15-17,22-23H,5-8,10H2,1-4H3/t15-,16+,17?,20+/m0/s1. The summed E-state index contributed by atoms with van der Waals surface area (Å²) in [4.78, 5) is 24.4. The zero-order chi connectivity index (χ0) is 18.6. The molecule has 0 saturated heterocycles. The summed E-state index contributed by atoms with van der Waals surface area (Å²) >= 11 is 0. The molecule has 5 heteroatoms. The van der Waals surface area contributed by atoms with E-state index in [-0.39, 0.29) is 22.5 Å². The van der Waals surface area contributed by atoms with Crippen molar-refractivity contribution >= 4 is 11.8 Å². The van der Waals surface area contributed by atoms with E-state index in [1.807, 2.05) is 6.92 Å².